The van der Waals surface area contributed by atoms with Gasteiger partial charge in [-0.2, -0.15) is 8.42 Å². The van der Waals surface area contributed by atoms with Gasteiger partial charge in [-0.3, -0.25) is 38.1 Å². The first-order chi connectivity index (χ1) is 40.8. The fourth-order valence-corrected chi connectivity index (χ4v) is 11.2. The molecule has 87 heavy (non-hydrogen) atoms. The second-order valence-electron chi connectivity index (χ2n) is 22.8. The van der Waals surface area contributed by atoms with Crippen LogP contribution in [0.15, 0.2) is 48.5 Å². The second kappa shape index (κ2) is 36.2. The van der Waals surface area contributed by atoms with Crippen LogP contribution in [0.2, 0.25) is 0 Å². The van der Waals surface area contributed by atoms with Gasteiger partial charge in [-0.15, -0.1) is 0 Å². The number of amides is 7. The van der Waals surface area contributed by atoms with E-state index < -0.39 is 188 Å². The summed E-state index contributed by atoms with van der Waals surface area (Å²) < 4.78 is 44.3. The number of β-amino-alcohol motifs (C(OH)–C–C–N with tert-alkyl or cyclic N) is 1. The van der Waals surface area contributed by atoms with E-state index in [1.807, 2.05) is 0 Å². The van der Waals surface area contributed by atoms with Crippen LogP contribution in [0, 0.1) is 11.3 Å². The Labute approximate surface area is 529 Å². The molecule has 3 saturated heterocycles. The van der Waals surface area contributed by atoms with Crippen LogP contribution in [0.5, 0.6) is 11.5 Å². The molecule has 13 atom stereocenters. The van der Waals surface area contributed by atoms with Gasteiger partial charge in [-0.25, -0.2) is 0 Å². The first-order valence-electron chi connectivity index (χ1n) is 29.7. The van der Waals surface area contributed by atoms with Crippen molar-refractivity contribution in [3.63, 3.8) is 0 Å². The number of hydrogen-bond donors (Lipinski definition) is 13. The summed E-state index contributed by atoms with van der Waals surface area (Å²) in [6.45, 7) is 2.99. The summed E-state index contributed by atoms with van der Waals surface area (Å²) >= 11 is 0. The Bertz CT molecular complexity index is 2720. The molecule has 3 fully saturated rings. The van der Waals surface area contributed by atoms with Crippen molar-refractivity contribution in [1.29, 1.82) is 5.41 Å². The zero-order valence-electron chi connectivity index (χ0n) is 50.0. The number of ether oxygens (including phenoxy) is 1. The Morgan fingerprint density at radius 1 is 0.724 bits per heavy atom. The molecule has 0 spiro atoms. The number of aliphatic hydroxyl groups is 6. The Hall–Kier alpha value is -5.53. The van der Waals surface area contributed by atoms with E-state index in [1.54, 1.807) is 30.3 Å². The molecule has 0 unspecified atom stereocenters. The van der Waals surface area contributed by atoms with Crippen molar-refractivity contribution in [2.45, 2.75) is 216 Å². The molecule has 480 valence electrons. The summed E-state index contributed by atoms with van der Waals surface area (Å²) in [5.41, 5.74) is 0.601. The summed E-state index contributed by atoms with van der Waals surface area (Å²) in [5.74, 6) is -11.1. The predicted octanol–water partition coefficient (Wildman–Crippen LogP) is -3.71. The minimum absolute atomic E-state index is 0. The van der Waals surface area contributed by atoms with Gasteiger partial charge in [-0.05, 0) is 42.5 Å². The molecular formula is C58H87N8NaO19S. The van der Waals surface area contributed by atoms with Crippen LogP contribution < -0.4 is 70.2 Å². The van der Waals surface area contributed by atoms with Gasteiger partial charge in [0.2, 0.25) is 41.4 Å². The van der Waals surface area contributed by atoms with Crippen molar-refractivity contribution in [3.8, 4) is 11.5 Å². The van der Waals surface area contributed by atoms with E-state index in [-0.39, 0.29) is 53.9 Å². The molecule has 5 rings (SSSR count). The van der Waals surface area contributed by atoms with E-state index in [0.717, 1.165) is 54.9 Å². The fourth-order valence-electron chi connectivity index (χ4n) is 10.9. The molecule has 0 saturated carbocycles. The van der Waals surface area contributed by atoms with Gasteiger partial charge in [0, 0.05) is 57.7 Å². The van der Waals surface area contributed by atoms with E-state index in [0.29, 0.717) is 18.4 Å². The van der Waals surface area contributed by atoms with Crippen molar-refractivity contribution in [3.05, 3.63) is 59.7 Å². The Balaban J connectivity index is 0.0000162. The Kier molecular flexibility index (Phi) is 30.8. The number of hydrogen-bond acceptors (Lipinski definition) is 19. The molecule has 0 aromatic heterocycles. The zero-order chi connectivity index (χ0) is 63.3. The van der Waals surface area contributed by atoms with Crippen molar-refractivity contribution >= 4 is 57.6 Å². The van der Waals surface area contributed by atoms with Crippen molar-refractivity contribution < 1.29 is 121 Å². The van der Waals surface area contributed by atoms with Gasteiger partial charge in [0.1, 0.15) is 42.9 Å². The quantitative estimate of drug-likeness (QED) is 0.0135. The monoisotopic (exact) mass is 1250 g/mol. The van der Waals surface area contributed by atoms with E-state index in [9.17, 15) is 82.3 Å². The fraction of sp³-hybridized carbons (Fsp3) is 0.655. The van der Waals surface area contributed by atoms with Crippen molar-refractivity contribution in [2.75, 3.05) is 19.6 Å². The maximum atomic E-state index is 14.7. The van der Waals surface area contributed by atoms with Crippen LogP contribution >= 0.6 is 0 Å². The van der Waals surface area contributed by atoms with Crippen molar-refractivity contribution in [1.82, 2.24) is 36.4 Å². The molecule has 2 aromatic carbocycles. The van der Waals surface area contributed by atoms with Gasteiger partial charge < -0.3 is 86.5 Å². The summed E-state index contributed by atoms with van der Waals surface area (Å²) in [6, 6.07) is 0.490. The Morgan fingerprint density at radius 2 is 1.31 bits per heavy atom. The smallest absolute Gasteiger partial charge is 0.862 e. The van der Waals surface area contributed by atoms with Gasteiger partial charge in [-0.1, -0.05) is 127 Å². The van der Waals surface area contributed by atoms with Gasteiger partial charge in [0.15, 0.2) is 11.5 Å². The maximum Gasteiger partial charge on any atom is 1.00 e. The van der Waals surface area contributed by atoms with Crippen molar-refractivity contribution in [2.24, 2.45) is 5.92 Å². The maximum absolute atomic E-state index is 14.7. The molecule has 27 nitrogen and oxygen atoms in total. The molecule has 29 heteroatoms. The standard InChI is InChI=1S/C58H88N8O19S.Na/c1-4-5-6-7-8-9-10-11-12-13-14-15-19-22-47(73)61-40-27-38(68)30-60-56(78)51-52(74)34(2)31-66(51)58(80)50(43(71)29-46(59)72)64-55(77)49(63-54(76)41-28-39(69)32-65(41)57(79)48(35(3)67)62-53(40)75)42(70)25-37-23-24-44(45(26-37)85-86(81,82)83)84-33-36-20-17-16-18-21-36;/h16-18,20-21,23-24,26,34-35,38-43,48-52,67-71,74H,4-15,19,22,25,27-33H2,1-3H3,(H2,59,72)(H,60,78)(H,61,73)(H,62,75)(H,63,76)(H,64,77)(H,81,82,83);/q;+1/p-1/t34-,35+,38+,39+,40-,41-,42+,43+,48-,49-,50-,51-,52-;/m0./s1. The van der Waals surface area contributed by atoms with Gasteiger partial charge in [0.25, 0.3) is 0 Å². The molecule has 13 N–H and O–H groups in total. The number of nitrogens with one attached hydrogen (secondary N) is 6. The minimum atomic E-state index is -5.22. The SMILES string of the molecule is CCCCCCCCCCCCCCCC(=O)N[C@H]1C[C@@H](O)CNC(=O)[C@@H]2[C@@H](O)[C@@H](C)CN2C(=O)[C@H]([C@H](O)CC(=N)[O-])NC(=O)[C@H]([C@H](O)Cc2ccc(OCc3ccccc3)c(OS(=O)(=O)O)c2)NC(=O)[C@@H]2C[C@@H](O)CN2C(=O)[C@H]([C@@H](C)O)NC1=O.[Na+]. The number of unbranched alkanes of at least 4 members (excludes halogenated alkanes) is 12. The van der Waals surface area contributed by atoms with Crippen LogP contribution in [0.3, 0.4) is 0 Å². The zero-order valence-corrected chi connectivity index (χ0v) is 52.8. The molecule has 2 aromatic rings. The summed E-state index contributed by atoms with van der Waals surface area (Å²) in [7, 11) is -5.22. The van der Waals surface area contributed by atoms with Gasteiger partial charge >= 0.3 is 40.0 Å². The summed E-state index contributed by atoms with van der Waals surface area (Å²) in [4.78, 5) is 102. The number of fused-ring (bicyclic) bond motifs is 2. The molecule has 7 amide bonds. The number of rotatable bonds is 27. The normalized spacial score (nSPS) is 25.4. The topological polar surface area (TPSA) is 427 Å². The third-order valence-corrected chi connectivity index (χ3v) is 16.0. The molecule has 3 heterocycles. The third-order valence-electron chi connectivity index (χ3n) is 15.6. The molecule has 3 aliphatic heterocycles. The molecule has 0 aliphatic carbocycles. The van der Waals surface area contributed by atoms with Crippen LogP contribution in [0.25, 0.3) is 0 Å². The molecular weight excluding hydrogens is 1170 g/mol. The summed E-state index contributed by atoms with van der Waals surface area (Å²) in [6.07, 6.45) is -0.116. The first kappa shape index (κ1) is 73.9. The van der Waals surface area contributed by atoms with E-state index in [1.165, 1.54) is 57.6 Å². The number of benzene rings is 2. The van der Waals surface area contributed by atoms with E-state index >= 15 is 0 Å². The number of nitrogens with zero attached hydrogens (tertiary/aromatic N) is 2. The van der Waals surface area contributed by atoms with Crippen LogP contribution in [-0.2, 0) is 57.0 Å². The number of carbonyl (C=O) groups is 7. The molecule has 3 aliphatic rings. The molecule has 0 radical (unpaired) electrons. The largest absolute Gasteiger partial charge is 1.00 e. The van der Waals surface area contributed by atoms with Crippen LogP contribution in [0.4, 0.5) is 0 Å². The second-order valence-corrected chi connectivity index (χ2v) is 23.8. The number of aliphatic hydroxyl groups excluding tert-OH is 6. The van der Waals surface area contributed by atoms with Crippen LogP contribution in [0.1, 0.15) is 141 Å². The predicted molar refractivity (Wildman–Crippen MR) is 308 cm³/mol. The van der Waals surface area contributed by atoms with E-state index in [2.05, 4.69) is 33.5 Å². The average molecular weight is 1260 g/mol. The van der Waals surface area contributed by atoms with E-state index in [4.69, 9.17) is 14.3 Å². The molecule has 0 bridgehead atoms. The number of carbonyl (C=O) groups excluding carboxylic acids is 7. The summed E-state index contributed by atoms with van der Waals surface area (Å²) in [5, 5.41) is 99.9. The van der Waals surface area contributed by atoms with Gasteiger partial charge in [0.05, 0.1) is 36.6 Å². The minimum Gasteiger partial charge on any atom is -0.862 e. The third kappa shape index (κ3) is 23.4. The van der Waals surface area contributed by atoms with Crippen LogP contribution in [-0.4, -0.2) is 193 Å². The average Bonchev–Trinajstić information content (AvgIpc) is 2.64. The Morgan fingerprint density at radius 3 is 1.91 bits per heavy atom. The first-order valence-corrected chi connectivity index (χ1v) is 31.0.